The van der Waals surface area contributed by atoms with Gasteiger partial charge in [-0.3, -0.25) is 0 Å². The molecule has 1 unspecified atom stereocenters. The first-order chi connectivity index (χ1) is 6.27. The molecule has 0 aliphatic carbocycles. The Bertz CT molecular complexity index is 301. The van der Waals surface area contributed by atoms with Crippen molar-refractivity contribution in [3.8, 4) is 0 Å². The molecule has 1 aromatic carbocycles. The van der Waals surface area contributed by atoms with E-state index in [0.717, 1.165) is 5.46 Å². The molecule has 13 heavy (non-hydrogen) atoms. The monoisotopic (exact) mass is 176 g/mol. The lowest BCUT2D eigenvalue weighted by Crippen LogP contribution is -2.34. The van der Waals surface area contributed by atoms with Crippen LogP contribution in [0.15, 0.2) is 24.3 Å². The van der Waals surface area contributed by atoms with Crippen molar-refractivity contribution in [1.82, 2.24) is 0 Å². The molecule has 1 aromatic rings. The Morgan fingerprint density at radius 2 is 2.15 bits per heavy atom. The summed E-state index contributed by atoms with van der Waals surface area (Å²) in [6.07, 6.45) is 0.213. The molecule has 1 fully saturated rings. The molecule has 0 N–H and O–H groups in total. The summed E-state index contributed by atoms with van der Waals surface area (Å²) in [5.41, 5.74) is 2.37. The number of rotatable bonds is 1. The van der Waals surface area contributed by atoms with E-state index in [1.165, 1.54) is 5.56 Å². The van der Waals surface area contributed by atoms with Gasteiger partial charge in [-0.05, 0) is 19.3 Å². The second kappa shape index (κ2) is 3.52. The Kier molecular flexibility index (Phi) is 2.38. The van der Waals surface area contributed by atoms with Gasteiger partial charge in [0, 0.05) is 0 Å². The van der Waals surface area contributed by atoms with Crippen molar-refractivity contribution in [3.63, 3.8) is 0 Å². The van der Waals surface area contributed by atoms with Crippen LogP contribution in [-0.4, -0.2) is 19.8 Å². The van der Waals surface area contributed by atoms with E-state index in [2.05, 4.69) is 19.1 Å². The minimum Gasteiger partial charge on any atom is -0.405 e. The van der Waals surface area contributed by atoms with Gasteiger partial charge in [0.2, 0.25) is 0 Å². The van der Waals surface area contributed by atoms with E-state index in [-0.39, 0.29) is 13.2 Å². The fourth-order valence-corrected chi connectivity index (χ4v) is 1.53. The van der Waals surface area contributed by atoms with Crippen LogP contribution in [-0.2, 0) is 9.31 Å². The maximum Gasteiger partial charge on any atom is 0.494 e. The molecule has 2 rings (SSSR count). The van der Waals surface area contributed by atoms with Crippen molar-refractivity contribution in [1.29, 1.82) is 0 Å². The van der Waals surface area contributed by atoms with Crippen LogP contribution in [0.5, 0.6) is 0 Å². The predicted molar refractivity (Wildman–Crippen MR) is 53.1 cm³/mol. The van der Waals surface area contributed by atoms with Crippen LogP contribution in [0.3, 0.4) is 0 Å². The summed E-state index contributed by atoms with van der Waals surface area (Å²) in [4.78, 5) is 0. The molecule has 1 atom stereocenters. The average molecular weight is 176 g/mol. The highest BCUT2D eigenvalue weighted by Gasteiger charge is 2.31. The van der Waals surface area contributed by atoms with Gasteiger partial charge in [-0.15, -0.1) is 0 Å². The zero-order valence-corrected chi connectivity index (χ0v) is 7.99. The van der Waals surface area contributed by atoms with Crippen molar-refractivity contribution in [3.05, 3.63) is 29.8 Å². The van der Waals surface area contributed by atoms with Crippen LogP contribution in [0.25, 0.3) is 0 Å². The third-order valence-corrected chi connectivity index (χ3v) is 2.28. The fraction of sp³-hybridized carbons (Fsp3) is 0.400. The lowest BCUT2D eigenvalue weighted by molar-refractivity contribution is 0.258. The summed E-state index contributed by atoms with van der Waals surface area (Å²) in [5, 5.41) is 0. The summed E-state index contributed by atoms with van der Waals surface area (Å²) in [7, 11) is -0.156. The Morgan fingerprint density at radius 3 is 2.77 bits per heavy atom. The third-order valence-electron chi connectivity index (χ3n) is 2.28. The van der Waals surface area contributed by atoms with Gasteiger partial charge in [0.1, 0.15) is 0 Å². The molecule has 1 aliphatic heterocycles. The van der Waals surface area contributed by atoms with Gasteiger partial charge in [0.25, 0.3) is 0 Å². The summed E-state index contributed by atoms with van der Waals surface area (Å²) in [6.45, 7) is 4.79. The standard InChI is InChI=1S/C10H13BO2/c1-8-5-3-4-6-10(8)11-12-7-9(2)13-11/h3-6,9H,7H2,1-2H3. The van der Waals surface area contributed by atoms with E-state index in [1.807, 2.05) is 19.1 Å². The highest BCUT2D eigenvalue weighted by molar-refractivity contribution is 6.62. The maximum absolute atomic E-state index is 5.61. The molecule has 1 heterocycles. The van der Waals surface area contributed by atoms with Gasteiger partial charge in [-0.2, -0.15) is 0 Å². The fourth-order valence-electron chi connectivity index (χ4n) is 1.53. The lowest BCUT2D eigenvalue weighted by atomic mass is 9.76. The summed E-state index contributed by atoms with van der Waals surface area (Å²) >= 11 is 0. The molecule has 0 bridgehead atoms. The van der Waals surface area contributed by atoms with Crippen molar-refractivity contribution in [2.45, 2.75) is 20.0 Å². The molecule has 0 amide bonds. The topological polar surface area (TPSA) is 18.5 Å². The Hall–Kier alpha value is -0.795. The SMILES string of the molecule is Cc1ccccc1B1OCC(C)O1. The van der Waals surface area contributed by atoms with Crippen LogP contribution < -0.4 is 5.46 Å². The largest absolute Gasteiger partial charge is 0.494 e. The van der Waals surface area contributed by atoms with Crippen LogP contribution in [0, 0.1) is 6.92 Å². The maximum atomic E-state index is 5.61. The zero-order chi connectivity index (χ0) is 9.26. The van der Waals surface area contributed by atoms with Gasteiger partial charge < -0.3 is 9.31 Å². The van der Waals surface area contributed by atoms with E-state index in [4.69, 9.17) is 9.31 Å². The van der Waals surface area contributed by atoms with Crippen LogP contribution >= 0.6 is 0 Å². The van der Waals surface area contributed by atoms with E-state index in [0.29, 0.717) is 6.61 Å². The third kappa shape index (κ3) is 1.76. The summed E-state index contributed by atoms with van der Waals surface area (Å²) in [6, 6.07) is 8.17. The van der Waals surface area contributed by atoms with Crippen LogP contribution in [0.4, 0.5) is 0 Å². The Morgan fingerprint density at radius 1 is 1.38 bits per heavy atom. The smallest absolute Gasteiger partial charge is 0.405 e. The normalized spacial score (nSPS) is 22.3. The molecule has 68 valence electrons. The van der Waals surface area contributed by atoms with Crippen molar-refractivity contribution in [2.75, 3.05) is 6.61 Å². The van der Waals surface area contributed by atoms with Crippen molar-refractivity contribution >= 4 is 12.6 Å². The molecule has 3 heteroatoms. The van der Waals surface area contributed by atoms with E-state index in [9.17, 15) is 0 Å². The summed E-state index contributed by atoms with van der Waals surface area (Å²) < 4.78 is 11.1. The minimum absolute atomic E-state index is 0.156. The second-order valence-corrected chi connectivity index (χ2v) is 3.47. The first kappa shape index (κ1) is 8.79. The molecule has 0 aromatic heterocycles. The molecular formula is C10H13BO2. The Balaban J connectivity index is 2.21. The highest BCUT2D eigenvalue weighted by Crippen LogP contribution is 2.09. The van der Waals surface area contributed by atoms with E-state index in [1.54, 1.807) is 0 Å². The van der Waals surface area contributed by atoms with E-state index < -0.39 is 0 Å². The molecule has 0 radical (unpaired) electrons. The average Bonchev–Trinajstić information content (AvgIpc) is 2.53. The number of hydrogen-bond acceptors (Lipinski definition) is 2. The predicted octanol–water partition coefficient (Wildman–Crippen LogP) is 1.13. The van der Waals surface area contributed by atoms with Gasteiger partial charge in [0.15, 0.2) is 0 Å². The van der Waals surface area contributed by atoms with Crippen LogP contribution in [0.2, 0.25) is 0 Å². The van der Waals surface area contributed by atoms with Gasteiger partial charge >= 0.3 is 7.12 Å². The summed E-state index contributed by atoms with van der Waals surface area (Å²) in [5.74, 6) is 0. The molecule has 0 saturated carbocycles. The Labute approximate surface area is 79.0 Å². The van der Waals surface area contributed by atoms with Crippen LogP contribution in [0.1, 0.15) is 12.5 Å². The first-order valence-corrected chi connectivity index (χ1v) is 4.60. The highest BCUT2D eigenvalue weighted by atomic mass is 16.6. The van der Waals surface area contributed by atoms with Crippen molar-refractivity contribution in [2.24, 2.45) is 0 Å². The van der Waals surface area contributed by atoms with E-state index >= 15 is 0 Å². The quantitative estimate of drug-likeness (QED) is 0.597. The number of aryl methyl sites for hydroxylation is 1. The lowest BCUT2D eigenvalue weighted by Gasteiger charge is -2.07. The molecule has 2 nitrogen and oxygen atoms in total. The van der Waals surface area contributed by atoms with Gasteiger partial charge in [0.05, 0.1) is 12.7 Å². The second-order valence-electron chi connectivity index (χ2n) is 3.47. The zero-order valence-electron chi connectivity index (χ0n) is 7.99. The molecular weight excluding hydrogens is 163 g/mol. The van der Waals surface area contributed by atoms with Gasteiger partial charge in [-0.25, -0.2) is 0 Å². The van der Waals surface area contributed by atoms with Crippen molar-refractivity contribution < 1.29 is 9.31 Å². The number of hydrogen-bond donors (Lipinski definition) is 0. The number of benzene rings is 1. The minimum atomic E-state index is -0.156. The first-order valence-electron chi connectivity index (χ1n) is 4.60. The van der Waals surface area contributed by atoms with Gasteiger partial charge in [-0.1, -0.05) is 29.8 Å². The molecule has 0 spiro atoms. The molecule has 1 aliphatic rings. The molecule has 1 saturated heterocycles.